The number of carbonyl (C=O) groups is 1. The van der Waals surface area contributed by atoms with Gasteiger partial charge in [0.15, 0.2) is 0 Å². The van der Waals surface area contributed by atoms with Crippen molar-refractivity contribution in [3.05, 3.63) is 11.8 Å². The summed E-state index contributed by atoms with van der Waals surface area (Å²) in [7, 11) is -1.39. The van der Waals surface area contributed by atoms with Gasteiger partial charge >= 0.3 is 0 Å². The number of hydrogen-bond acceptors (Lipinski definition) is 2. The van der Waals surface area contributed by atoms with Crippen LogP contribution in [0.25, 0.3) is 0 Å². The maximum atomic E-state index is 11.0. The highest BCUT2D eigenvalue weighted by molar-refractivity contribution is 6.88. The van der Waals surface area contributed by atoms with Gasteiger partial charge in [-0.25, -0.2) is 0 Å². The number of aromatic nitrogens is 2. The number of carbonyl (C=O) groups excluding carboxylic acids is 1. The zero-order chi connectivity index (χ0) is 10.1. The van der Waals surface area contributed by atoms with Crippen molar-refractivity contribution in [3.8, 4) is 0 Å². The van der Waals surface area contributed by atoms with Gasteiger partial charge in [-0.1, -0.05) is 19.6 Å². The number of hydrogen-bond donors (Lipinski definition) is 1. The summed E-state index contributed by atoms with van der Waals surface area (Å²) in [5, 5.41) is 8.20. The molecule has 0 radical (unpaired) electrons. The molecule has 72 valence electrons. The van der Waals surface area contributed by atoms with Gasteiger partial charge in [-0.2, -0.15) is 5.10 Å². The number of H-pyrrole nitrogens is 1. The number of nitrogens with zero attached hydrogens (tertiary/aromatic N) is 1. The molecule has 0 bridgehead atoms. The number of nitrogens with one attached hydrogen (secondary N) is 1. The molecule has 0 saturated carbocycles. The first-order chi connectivity index (χ1) is 5.91. The van der Waals surface area contributed by atoms with Crippen LogP contribution >= 0.6 is 0 Å². The topological polar surface area (TPSA) is 45.8 Å². The maximum absolute atomic E-state index is 11.0. The van der Waals surface area contributed by atoms with Crippen LogP contribution in [0.15, 0.2) is 6.20 Å². The lowest BCUT2D eigenvalue weighted by molar-refractivity contribution is -0.116. The van der Waals surface area contributed by atoms with E-state index in [0.717, 1.165) is 10.9 Å². The van der Waals surface area contributed by atoms with Crippen molar-refractivity contribution in [2.24, 2.45) is 0 Å². The molecule has 1 heterocycles. The average Bonchev–Trinajstić information content (AvgIpc) is 2.31. The molecule has 4 heteroatoms. The number of aromatic amines is 1. The molecule has 1 N–H and O–H groups in total. The highest BCUT2D eigenvalue weighted by Gasteiger charge is 2.23. The summed E-state index contributed by atoms with van der Waals surface area (Å²) in [6, 6.07) is 0. The molecule has 0 aliphatic carbocycles. The smallest absolute Gasteiger partial charge is 0.134 e. The molecule has 1 rings (SSSR count). The van der Waals surface area contributed by atoms with Crippen molar-refractivity contribution in [2.45, 2.75) is 33.0 Å². The Morgan fingerprint density at radius 2 is 2.15 bits per heavy atom. The molecule has 0 saturated heterocycles. The Hall–Kier alpha value is -0.903. The number of Topliss-reactive ketones (excluding diaryl/α,β-unsaturated/α-hetero) is 1. The van der Waals surface area contributed by atoms with Crippen LogP contribution in [0.1, 0.15) is 12.5 Å². The van der Waals surface area contributed by atoms with Crippen molar-refractivity contribution in [1.29, 1.82) is 0 Å². The molecule has 0 aliphatic heterocycles. The molecule has 13 heavy (non-hydrogen) atoms. The van der Waals surface area contributed by atoms with Crippen LogP contribution in [0.2, 0.25) is 19.6 Å². The fraction of sp³-hybridized carbons (Fsp3) is 0.556. The second-order valence-electron chi connectivity index (χ2n) is 4.39. The van der Waals surface area contributed by atoms with E-state index in [1.54, 1.807) is 6.92 Å². The summed E-state index contributed by atoms with van der Waals surface area (Å²) >= 11 is 0. The van der Waals surface area contributed by atoms with Gasteiger partial charge in [0, 0.05) is 17.9 Å². The summed E-state index contributed by atoms with van der Waals surface area (Å²) in [4.78, 5) is 11.0. The lowest BCUT2D eigenvalue weighted by Crippen LogP contribution is -2.41. The van der Waals surface area contributed by atoms with Gasteiger partial charge in [0.25, 0.3) is 0 Å². The monoisotopic (exact) mass is 196 g/mol. The zero-order valence-electron chi connectivity index (χ0n) is 8.64. The van der Waals surface area contributed by atoms with Crippen LogP contribution in [-0.2, 0) is 11.2 Å². The predicted octanol–water partition coefficient (Wildman–Crippen LogP) is 1.09. The Morgan fingerprint density at radius 3 is 2.62 bits per heavy atom. The first-order valence-corrected chi connectivity index (χ1v) is 7.94. The van der Waals surface area contributed by atoms with E-state index >= 15 is 0 Å². The third-order valence-electron chi connectivity index (χ3n) is 1.87. The molecular formula is C9H16N2OSi. The second-order valence-corrected chi connectivity index (χ2v) is 9.36. The van der Waals surface area contributed by atoms with E-state index in [0.29, 0.717) is 6.42 Å². The second kappa shape index (κ2) is 3.45. The summed E-state index contributed by atoms with van der Waals surface area (Å²) < 4.78 is 0. The summed E-state index contributed by atoms with van der Waals surface area (Å²) in [5.41, 5.74) is 1.08. The Labute approximate surface area is 79.6 Å². The average molecular weight is 196 g/mol. The van der Waals surface area contributed by atoms with Crippen LogP contribution in [0.5, 0.6) is 0 Å². The van der Waals surface area contributed by atoms with Gasteiger partial charge in [-0.3, -0.25) is 9.89 Å². The normalized spacial score (nSPS) is 11.7. The van der Waals surface area contributed by atoms with Crippen molar-refractivity contribution < 1.29 is 4.79 Å². The van der Waals surface area contributed by atoms with Gasteiger partial charge < -0.3 is 0 Å². The fourth-order valence-corrected chi connectivity index (χ4v) is 2.89. The molecule has 0 spiro atoms. The standard InChI is InChI=1S/C9H16N2OSi/c1-7(12)5-8-6-10-11-9(8)13(2,3)4/h6H,5H2,1-4H3,(H,10,11). The molecule has 0 unspecified atom stereocenters. The van der Waals surface area contributed by atoms with Gasteiger partial charge in [0.2, 0.25) is 0 Å². The van der Waals surface area contributed by atoms with Crippen LogP contribution in [0, 0.1) is 0 Å². The largest absolute Gasteiger partial charge is 0.300 e. The van der Waals surface area contributed by atoms with Gasteiger partial charge in [-0.05, 0) is 12.5 Å². The third kappa shape index (κ3) is 2.52. The van der Waals surface area contributed by atoms with Crippen LogP contribution in [-0.4, -0.2) is 24.1 Å². The lowest BCUT2D eigenvalue weighted by Gasteiger charge is -2.14. The molecule has 0 aromatic carbocycles. The summed E-state index contributed by atoms with van der Waals surface area (Å²) in [5.74, 6) is 0.195. The van der Waals surface area contributed by atoms with E-state index in [9.17, 15) is 4.79 Å². The molecule has 0 atom stereocenters. The van der Waals surface area contributed by atoms with E-state index in [1.807, 2.05) is 6.20 Å². The maximum Gasteiger partial charge on any atom is 0.134 e. The molecule has 1 aromatic rings. The molecule has 3 nitrogen and oxygen atoms in total. The van der Waals surface area contributed by atoms with Crippen LogP contribution in [0.3, 0.4) is 0 Å². The molecule has 0 amide bonds. The third-order valence-corrected chi connectivity index (χ3v) is 3.72. The molecule has 1 aromatic heterocycles. The number of rotatable bonds is 3. The van der Waals surface area contributed by atoms with E-state index in [2.05, 4.69) is 29.8 Å². The Balaban J connectivity index is 2.96. The minimum absolute atomic E-state index is 0.195. The molecule has 0 fully saturated rings. The van der Waals surface area contributed by atoms with E-state index in [4.69, 9.17) is 0 Å². The Kier molecular flexibility index (Phi) is 2.70. The minimum Gasteiger partial charge on any atom is -0.300 e. The predicted molar refractivity (Wildman–Crippen MR) is 56.0 cm³/mol. The first kappa shape index (κ1) is 10.2. The minimum atomic E-state index is -1.39. The summed E-state index contributed by atoms with van der Waals surface area (Å²) in [6.45, 7) is 8.30. The SMILES string of the molecule is CC(=O)Cc1c[nH]nc1[Si](C)(C)C. The fourth-order valence-electron chi connectivity index (χ4n) is 1.37. The summed E-state index contributed by atoms with van der Waals surface area (Å²) in [6.07, 6.45) is 2.35. The first-order valence-electron chi connectivity index (χ1n) is 4.44. The zero-order valence-corrected chi connectivity index (χ0v) is 9.64. The highest BCUT2D eigenvalue weighted by atomic mass is 28.3. The van der Waals surface area contributed by atoms with Crippen molar-refractivity contribution in [1.82, 2.24) is 10.2 Å². The van der Waals surface area contributed by atoms with Crippen molar-refractivity contribution in [2.75, 3.05) is 0 Å². The highest BCUT2D eigenvalue weighted by Crippen LogP contribution is 2.05. The lowest BCUT2D eigenvalue weighted by atomic mass is 10.2. The van der Waals surface area contributed by atoms with Crippen LogP contribution < -0.4 is 5.32 Å². The van der Waals surface area contributed by atoms with Gasteiger partial charge in [-0.15, -0.1) is 0 Å². The number of ketones is 1. The van der Waals surface area contributed by atoms with Crippen molar-refractivity contribution in [3.63, 3.8) is 0 Å². The van der Waals surface area contributed by atoms with Crippen LogP contribution in [0.4, 0.5) is 0 Å². The molecular weight excluding hydrogens is 180 g/mol. The van der Waals surface area contributed by atoms with E-state index in [1.165, 1.54) is 0 Å². The molecule has 0 aliphatic rings. The van der Waals surface area contributed by atoms with E-state index < -0.39 is 8.07 Å². The van der Waals surface area contributed by atoms with Gasteiger partial charge in [0.05, 0.1) is 0 Å². The van der Waals surface area contributed by atoms with E-state index in [-0.39, 0.29) is 5.78 Å². The Bertz CT molecular complexity index is 312. The quantitative estimate of drug-likeness (QED) is 0.735. The van der Waals surface area contributed by atoms with Gasteiger partial charge in [0.1, 0.15) is 13.9 Å². The Morgan fingerprint density at radius 1 is 1.54 bits per heavy atom. The van der Waals surface area contributed by atoms with Crippen molar-refractivity contribution >= 4 is 19.2 Å².